The molecule has 1 aliphatic heterocycles. The second-order valence-corrected chi connectivity index (χ2v) is 9.17. The second kappa shape index (κ2) is 8.58. The standard InChI is InChI=1S/C25H26ClFN4O/c26-20-9-4-8-19(14-20)25(27)12-13-30(17-25)24(32)29-22-10-5-11-23-21(22)15-28-31(23)16-18-6-2-1-3-7-18/h1-4,6-9,14-15,22H,5,10-13,16-17H2,(H,29,32). The summed E-state index contributed by atoms with van der Waals surface area (Å²) in [6, 6.07) is 16.8. The Bertz CT molecular complexity index is 1120. The van der Waals surface area contributed by atoms with Crippen LogP contribution in [0.4, 0.5) is 9.18 Å². The zero-order valence-electron chi connectivity index (χ0n) is 17.8. The summed E-state index contributed by atoms with van der Waals surface area (Å²) in [7, 11) is 0. The lowest BCUT2D eigenvalue weighted by atomic mass is 9.93. The second-order valence-electron chi connectivity index (χ2n) is 8.73. The molecular weight excluding hydrogens is 427 g/mol. The van der Waals surface area contributed by atoms with Gasteiger partial charge in [0.25, 0.3) is 0 Å². The van der Waals surface area contributed by atoms with E-state index in [1.807, 2.05) is 29.1 Å². The van der Waals surface area contributed by atoms with E-state index in [4.69, 9.17) is 11.6 Å². The van der Waals surface area contributed by atoms with E-state index in [0.29, 0.717) is 23.7 Å². The van der Waals surface area contributed by atoms with Crippen LogP contribution < -0.4 is 5.32 Å². The summed E-state index contributed by atoms with van der Waals surface area (Å²) in [5.41, 5.74) is 2.40. The minimum absolute atomic E-state index is 0.0338. The minimum Gasteiger partial charge on any atom is -0.331 e. The number of benzene rings is 2. The number of carbonyl (C=O) groups is 1. The smallest absolute Gasteiger partial charge is 0.318 e. The highest BCUT2D eigenvalue weighted by Crippen LogP contribution is 2.37. The third-order valence-electron chi connectivity index (χ3n) is 6.58. The van der Waals surface area contributed by atoms with Crippen molar-refractivity contribution in [3.63, 3.8) is 0 Å². The van der Waals surface area contributed by atoms with E-state index in [9.17, 15) is 4.79 Å². The first-order valence-electron chi connectivity index (χ1n) is 11.1. The molecule has 0 spiro atoms. The van der Waals surface area contributed by atoms with Gasteiger partial charge in [-0.2, -0.15) is 5.10 Å². The molecule has 32 heavy (non-hydrogen) atoms. The molecule has 2 atom stereocenters. The third-order valence-corrected chi connectivity index (χ3v) is 6.82. The molecule has 1 aromatic heterocycles. The van der Waals surface area contributed by atoms with Gasteiger partial charge in [0.1, 0.15) is 0 Å². The molecule has 1 saturated heterocycles. The number of aromatic nitrogens is 2. The van der Waals surface area contributed by atoms with Gasteiger partial charge in [0.15, 0.2) is 5.67 Å². The summed E-state index contributed by atoms with van der Waals surface area (Å²) in [5, 5.41) is 8.24. The molecule has 5 rings (SSSR count). The monoisotopic (exact) mass is 452 g/mol. The lowest BCUT2D eigenvalue weighted by molar-refractivity contribution is 0.162. The number of likely N-dealkylation sites (tertiary alicyclic amines) is 1. The van der Waals surface area contributed by atoms with Crippen LogP contribution in [0.1, 0.15) is 47.7 Å². The fourth-order valence-electron chi connectivity index (χ4n) is 4.85. The lowest BCUT2D eigenvalue weighted by Gasteiger charge is -2.27. The highest BCUT2D eigenvalue weighted by atomic mass is 35.5. The molecule has 5 nitrogen and oxygen atoms in total. The number of hydrogen-bond acceptors (Lipinski definition) is 2. The predicted octanol–water partition coefficient (Wildman–Crippen LogP) is 5.24. The van der Waals surface area contributed by atoms with Gasteiger partial charge < -0.3 is 10.2 Å². The number of alkyl halides is 1. The first-order chi connectivity index (χ1) is 15.5. The summed E-state index contributed by atoms with van der Waals surface area (Å²) >= 11 is 6.05. The molecule has 0 saturated carbocycles. The number of carbonyl (C=O) groups excluding carboxylic acids is 1. The first kappa shape index (κ1) is 21.0. The Kier molecular flexibility index (Phi) is 5.64. The zero-order chi connectivity index (χ0) is 22.1. The number of amides is 2. The van der Waals surface area contributed by atoms with Gasteiger partial charge in [-0.15, -0.1) is 0 Å². The van der Waals surface area contributed by atoms with E-state index in [-0.39, 0.29) is 25.0 Å². The van der Waals surface area contributed by atoms with Crippen molar-refractivity contribution in [2.45, 2.75) is 43.9 Å². The molecule has 2 unspecified atom stereocenters. The SMILES string of the molecule is O=C(NC1CCCc2c1cnn2Cc1ccccc1)N1CCC(F)(c2cccc(Cl)c2)C1. The van der Waals surface area contributed by atoms with Crippen LogP contribution in [0.25, 0.3) is 0 Å². The van der Waals surface area contributed by atoms with Crippen LogP contribution in [0.15, 0.2) is 60.8 Å². The Balaban J connectivity index is 1.27. The fraction of sp³-hybridized carbons (Fsp3) is 0.360. The van der Waals surface area contributed by atoms with Crippen molar-refractivity contribution in [2.24, 2.45) is 0 Å². The van der Waals surface area contributed by atoms with Gasteiger partial charge in [-0.3, -0.25) is 4.68 Å². The van der Waals surface area contributed by atoms with E-state index in [1.165, 1.54) is 11.3 Å². The Morgan fingerprint density at radius 3 is 2.88 bits per heavy atom. The van der Waals surface area contributed by atoms with Crippen molar-refractivity contribution in [3.05, 3.63) is 88.2 Å². The van der Waals surface area contributed by atoms with Crippen LogP contribution in [0.3, 0.4) is 0 Å². The average molecular weight is 453 g/mol. The highest BCUT2D eigenvalue weighted by Gasteiger charge is 2.42. The lowest BCUT2D eigenvalue weighted by Crippen LogP contribution is -2.42. The van der Waals surface area contributed by atoms with Gasteiger partial charge in [-0.25, -0.2) is 9.18 Å². The van der Waals surface area contributed by atoms with E-state index in [2.05, 4.69) is 22.5 Å². The molecule has 2 aromatic carbocycles. The molecule has 2 heterocycles. The first-order valence-corrected chi connectivity index (χ1v) is 11.5. The molecule has 2 aliphatic rings. The third kappa shape index (κ3) is 4.11. The highest BCUT2D eigenvalue weighted by molar-refractivity contribution is 6.30. The summed E-state index contributed by atoms with van der Waals surface area (Å²) in [6.07, 6.45) is 4.93. The average Bonchev–Trinajstić information content (AvgIpc) is 3.40. The molecule has 1 N–H and O–H groups in total. The molecule has 166 valence electrons. The van der Waals surface area contributed by atoms with E-state index < -0.39 is 5.67 Å². The van der Waals surface area contributed by atoms with Crippen LogP contribution in [0.2, 0.25) is 5.02 Å². The van der Waals surface area contributed by atoms with Crippen molar-refractivity contribution in [3.8, 4) is 0 Å². The molecule has 2 amide bonds. The summed E-state index contributed by atoms with van der Waals surface area (Å²) < 4.78 is 17.6. The maximum Gasteiger partial charge on any atom is 0.318 e. The molecular formula is C25H26ClFN4O. The van der Waals surface area contributed by atoms with E-state index >= 15 is 4.39 Å². The van der Waals surface area contributed by atoms with Crippen molar-refractivity contribution in [1.82, 2.24) is 20.0 Å². The number of hydrogen-bond donors (Lipinski definition) is 1. The van der Waals surface area contributed by atoms with Crippen LogP contribution in [0, 0.1) is 0 Å². The Morgan fingerprint density at radius 2 is 2.06 bits per heavy atom. The number of nitrogens with zero attached hydrogens (tertiary/aromatic N) is 3. The number of rotatable bonds is 4. The van der Waals surface area contributed by atoms with Gasteiger partial charge in [-0.1, -0.05) is 54.1 Å². The Labute approximate surface area is 192 Å². The maximum absolute atomic E-state index is 15.6. The van der Waals surface area contributed by atoms with Crippen LogP contribution in [-0.4, -0.2) is 33.8 Å². The van der Waals surface area contributed by atoms with Crippen molar-refractivity contribution >= 4 is 17.6 Å². The molecule has 0 radical (unpaired) electrons. The number of halogens is 2. The number of fused-ring (bicyclic) bond motifs is 1. The van der Waals surface area contributed by atoms with Crippen molar-refractivity contribution in [1.29, 1.82) is 0 Å². The number of nitrogens with one attached hydrogen (secondary N) is 1. The van der Waals surface area contributed by atoms with E-state index in [1.54, 1.807) is 29.2 Å². The van der Waals surface area contributed by atoms with Crippen LogP contribution in [-0.2, 0) is 18.6 Å². The van der Waals surface area contributed by atoms with Crippen LogP contribution in [0.5, 0.6) is 0 Å². The predicted molar refractivity (Wildman–Crippen MR) is 122 cm³/mol. The molecule has 3 aromatic rings. The van der Waals surface area contributed by atoms with E-state index in [0.717, 1.165) is 24.8 Å². The summed E-state index contributed by atoms with van der Waals surface area (Å²) in [5.74, 6) is 0. The molecule has 0 bridgehead atoms. The zero-order valence-corrected chi connectivity index (χ0v) is 18.6. The van der Waals surface area contributed by atoms with Crippen molar-refractivity contribution < 1.29 is 9.18 Å². The van der Waals surface area contributed by atoms with Gasteiger partial charge in [0.05, 0.1) is 25.3 Å². The number of urea groups is 1. The molecule has 7 heteroatoms. The topological polar surface area (TPSA) is 50.2 Å². The van der Waals surface area contributed by atoms with Gasteiger partial charge >= 0.3 is 6.03 Å². The Morgan fingerprint density at radius 1 is 1.22 bits per heavy atom. The molecule has 1 aliphatic carbocycles. The normalized spacial score (nSPS) is 22.6. The van der Waals surface area contributed by atoms with Gasteiger partial charge in [0, 0.05) is 29.2 Å². The maximum atomic E-state index is 15.6. The summed E-state index contributed by atoms with van der Waals surface area (Å²) in [6.45, 7) is 1.13. The molecule has 1 fully saturated rings. The summed E-state index contributed by atoms with van der Waals surface area (Å²) in [4.78, 5) is 14.6. The largest absolute Gasteiger partial charge is 0.331 e. The van der Waals surface area contributed by atoms with Gasteiger partial charge in [-0.05, 0) is 42.5 Å². The van der Waals surface area contributed by atoms with Gasteiger partial charge in [0.2, 0.25) is 0 Å². The van der Waals surface area contributed by atoms with Crippen LogP contribution >= 0.6 is 11.6 Å². The quantitative estimate of drug-likeness (QED) is 0.588. The fourth-order valence-corrected chi connectivity index (χ4v) is 5.04. The van der Waals surface area contributed by atoms with Crippen molar-refractivity contribution in [2.75, 3.05) is 13.1 Å². The Hall–Kier alpha value is -2.86. The minimum atomic E-state index is -1.57.